The fourth-order valence-electron chi connectivity index (χ4n) is 1.22. The highest BCUT2D eigenvalue weighted by molar-refractivity contribution is 6.22. The van der Waals surface area contributed by atoms with Gasteiger partial charge in [-0.2, -0.15) is 0 Å². The first-order valence-electron chi connectivity index (χ1n) is 3.56. The van der Waals surface area contributed by atoms with Gasteiger partial charge in [0.1, 0.15) is 0 Å². The number of alkyl halides is 1. The van der Waals surface area contributed by atoms with E-state index in [0.717, 1.165) is 5.57 Å². The van der Waals surface area contributed by atoms with E-state index in [0.29, 0.717) is 19.3 Å². The van der Waals surface area contributed by atoms with E-state index in [9.17, 15) is 10.1 Å². The summed E-state index contributed by atoms with van der Waals surface area (Å²) < 4.78 is 0. The molecular formula is C7H10ClNO2. The molecule has 1 rings (SSSR count). The normalized spacial score (nSPS) is 31.9. The van der Waals surface area contributed by atoms with E-state index in [1.165, 1.54) is 0 Å². The zero-order valence-electron chi connectivity index (χ0n) is 6.12. The molecule has 1 fully saturated rings. The van der Waals surface area contributed by atoms with Gasteiger partial charge in [-0.25, -0.2) is 0 Å². The van der Waals surface area contributed by atoms with Crippen LogP contribution in [0.1, 0.15) is 19.3 Å². The quantitative estimate of drug-likeness (QED) is 0.265. The van der Waals surface area contributed by atoms with Crippen LogP contribution in [0.3, 0.4) is 0 Å². The van der Waals surface area contributed by atoms with Gasteiger partial charge in [0.05, 0.1) is 5.38 Å². The number of hydrogen-bond acceptors (Lipinski definition) is 2. The molecule has 11 heavy (non-hydrogen) atoms. The number of allylic oxidation sites excluding steroid dienone is 1. The van der Waals surface area contributed by atoms with Crippen molar-refractivity contribution >= 4 is 11.6 Å². The second kappa shape index (κ2) is 3.22. The van der Waals surface area contributed by atoms with Crippen molar-refractivity contribution in [2.75, 3.05) is 0 Å². The molecule has 0 radical (unpaired) electrons. The van der Waals surface area contributed by atoms with E-state index in [2.05, 4.69) is 6.58 Å². The van der Waals surface area contributed by atoms with E-state index in [1.54, 1.807) is 0 Å². The summed E-state index contributed by atoms with van der Waals surface area (Å²) in [5.74, 6) is 0. The SMILES string of the molecule is C=C1CCC([N+](=O)[O-])CC1Cl. The van der Waals surface area contributed by atoms with Crippen molar-refractivity contribution in [2.24, 2.45) is 0 Å². The monoisotopic (exact) mass is 175 g/mol. The standard InChI is InChI=1S/C7H10ClNO2/c1-5-2-3-6(9(10)11)4-7(5)8/h6-7H,1-4H2. The Morgan fingerprint density at radius 1 is 1.73 bits per heavy atom. The number of rotatable bonds is 1. The summed E-state index contributed by atoms with van der Waals surface area (Å²) >= 11 is 5.80. The highest BCUT2D eigenvalue weighted by Gasteiger charge is 2.30. The van der Waals surface area contributed by atoms with Crippen LogP contribution in [0.25, 0.3) is 0 Å². The minimum absolute atomic E-state index is 0.195. The van der Waals surface area contributed by atoms with Crippen molar-refractivity contribution in [3.05, 3.63) is 22.3 Å². The molecule has 4 heteroatoms. The molecular weight excluding hydrogens is 166 g/mol. The molecule has 1 aliphatic rings. The average molecular weight is 176 g/mol. The maximum absolute atomic E-state index is 10.3. The fraction of sp³-hybridized carbons (Fsp3) is 0.714. The van der Waals surface area contributed by atoms with Crippen LogP contribution in [0.5, 0.6) is 0 Å². The second-order valence-corrected chi connectivity index (χ2v) is 3.37. The van der Waals surface area contributed by atoms with Crippen molar-refractivity contribution in [2.45, 2.75) is 30.7 Å². The van der Waals surface area contributed by atoms with Crippen molar-refractivity contribution in [3.8, 4) is 0 Å². The molecule has 0 N–H and O–H groups in total. The predicted octanol–water partition coefficient (Wildman–Crippen LogP) is 1.98. The second-order valence-electron chi connectivity index (χ2n) is 2.84. The molecule has 0 amide bonds. The van der Waals surface area contributed by atoms with E-state index in [4.69, 9.17) is 11.6 Å². The van der Waals surface area contributed by atoms with Gasteiger partial charge in [0, 0.05) is 17.8 Å². The largest absolute Gasteiger partial charge is 0.264 e. The first kappa shape index (κ1) is 8.53. The summed E-state index contributed by atoms with van der Waals surface area (Å²) in [4.78, 5) is 10.1. The van der Waals surface area contributed by atoms with E-state index < -0.39 is 6.04 Å². The highest BCUT2D eigenvalue weighted by Crippen LogP contribution is 2.28. The molecule has 1 aliphatic carbocycles. The first-order valence-corrected chi connectivity index (χ1v) is 4.00. The van der Waals surface area contributed by atoms with Gasteiger partial charge in [0.15, 0.2) is 0 Å². The molecule has 3 nitrogen and oxygen atoms in total. The van der Waals surface area contributed by atoms with Gasteiger partial charge in [-0.3, -0.25) is 10.1 Å². The highest BCUT2D eigenvalue weighted by atomic mass is 35.5. The van der Waals surface area contributed by atoms with Gasteiger partial charge in [-0.1, -0.05) is 12.2 Å². The van der Waals surface area contributed by atoms with Gasteiger partial charge in [-0.15, -0.1) is 11.6 Å². The minimum Gasteiger partial charge on any atom is -0.264 e. The fourth-order valence-corrected chi connectivity index (χ4v) is 1.54. The number of hydrogen-bond donors (Lipinski definition) is 0. The van der Waals surface area contributed by atoms with Crippen LogP contribution in [-0.2, 0) is 0 Å². The molecule has 0 aromatic rings. The lowest BCUT2D eigenvalue weighted by Crippen LogP contribution is -2.28. The Labute approximate surface area is 70.2 Å². The first-order chi connectivity index (χ1) is 5.11. The van der Waals surface area contributed by atoms with Gasteiger partial charge in [0.25, 0.3) is 0 Å². The minimum atomic E-state index is -0.456. The Morgan fingerprint density at radius 3 is 2.82 bits per heavy atom. The van der Waals surface area contributed by atoms with E-state index >= 15 is 0 Å². The molecule has 2 atom stereocenters. The summed E-state index contributed by atoms with van der Waals surface area (Å²) in [6.45, 7) is 3.73. The number of nitrogens with zero attached hydrogens (tertiary/aromatic N) is 1. The Morgan fingerprint density at radius 2 is 2.36 bits per heavy atom. The molecule has 1 saturated carbocycles. The third kappa shape index (κ3) is 1.93. The maximum atomic E-state index is 10.3. The smallest absolute Gasteiger partial charge is 0.215 e. The Hall–Kier alpha value is -0.570. The van der Waals surface area contributed by atoms with Gasteiger partial charge in [0.2, 0.25) is 6.04 Å². The Kier molecular flexibility index (Phi) is 2.49. The average Bonchev–Trinajstić information content (AvgIpc) is 1.94. The lowest BCUT2D eigenvalue weighted by Gasteiger charge is -2.21. The van der Waals surface area contributed by atoms with Crippen molar-refractivity contribution in [3.63, 3.8) is 0 Å². The zero-order valence-corrected chi connectivity index (χ0v) is 6.88. The van der Waals surface area contributed by atoms with Crippen LogP contribution in [0.2, 0.25) is 0 Å². The van der Waals surface area contributed by atoms with Crippen LogP contribution in [0, 0.1) is 10.1 Å². The molecule has 62 valence electrons. The Balaban J connectivity index is 2.52. The maximum Gasteiger partial charge on any atom is 0.215 e. The molecule has 0 spiro atoms. The van der Waals surface area contributed by atoms with E-state index in [1.807, 2.05) is 0 Å². The summed E-state index contributed by atoms with van der Waals surface area (Å²) in [5.41, 5.74) is 0.935. The van der Waals surface area contributed by atoms with Crippen LogP contribution >= 0.6 is 11.6 Å². The molecule has 2 unspecified atom stereocenters. The predicted molar refractivity (Wildman–Crippen MR) is 43.4 cm³/mol. The number of nitro groups is 1. The number of halogens is 1. The van der Waals surface area contributed by atoms with Crippen LogP contribution in [-0.4, -0.2) is 16.3 Å². The van der Waals surface area contributed by atoms with E-state index in [-0.39, 0.29) is 10.3 Å². The molecule has 0 saturated heterocycles. The third-order valence-electron chi connectivity index (χ3n) is 2.02. The van der Waals surface area contributed by atoms with Crippen molar-refractivity contribution in [1.82, 2.24) is 0 Å². The molecule has 0 aromatic heterocycles. The lowest BCUT2D eigenvalue weighted by molar-refractivity contribution is -0.525. The van der Waals surface area contributed by atoms with Crippen molar-refractivity contribution in [1.29, 1.82) is 0 Å². The molecule has 0 aromatic carbocycles. The van der Waals surface area contributed by atoms with Crippen molar-refractivity contribution < 1.29 is 4.92 Å². The van der Waals surface area contributed by atoms with Crippen LogP contribution < -0.4 is 0 Å². The third-order valence-corrected chi connectivity index (χ3v) is 2.51. The summed E-state index contributed by atoms with van der Waals surface area (Å²) in [5, 5.41) is 10.1. The van der Waals surface area contributed by atoms with Crippen LogP contribution in [0.15, 0.2) is 12.2 Å². The summed E-state index contributed by atoms with van der Waals surface area (Å²) in [7, 11) is 0. The van der Waals surface area contributed by atoms with Crippen LogP contribution in [0.4, 0.5) is 0 Å². The lowest BCUT2D eigenvalue weighted by atomic mass is 9.92. The summed E-state index contributed by atoms with van der Waals surface area (Å²) in [6, 6.07) is -0.456. The topological polar surface area (TPSA) is 43.1 Å². The van der Waals surface area contributed by atoms with Gasteiger partial charge in [-0.05, 0) is 6.42 Å². The molecule has 0 bridgehead atoms. The van der Waals surface area contributed by atoms with Gasteiger partial charge >= 0.3 is 0 Å². The molecule has 0 aliphatic heterocycles. The van der Waals surface area contributed by atoms with Gasteiger partial charge < -0.3 is 0 Å². The Bertz CT molecular complexity index is 193. The zero-order chi connectivity index (χ0) is 8.43. The summed E-state index contributed by atoms with van der Waals surface area (Å²) in [6.07, 6.45) is 1.72. The molecule has 0 heterocycles.